The maximum Gasteiger partial charge on any atom is 0.251 e. The summed E-state index contributed by atoms with van der Waals surface area (Å²) in [6.07, 6.45) is 0. The van der Waals surface area contributed by atoms with Gasteiger partial charge in [-0.15, -0.1) is 11.8 Å². The summed E-state index contributed by atoms with van der Waals surface area (Å²) in [5, 5.41) is 5.81. The molecule has 0 aliphatic heterocycles. The summed E-state index contributed by atoms with van der Waals surface area (Å²) in [4.78, 5) is 24.3. The molecule has 0 unspecified atom stereocenters. The molecule has 5 heteroatoms. The molecule has 0 saturated carbocycles. The Hall–Kier alpha value is -3.05. The van der Waals surface area contributed by atoms with Crippen LogP contribution in [0, 0.1) is 6.92 Å². The molecule has 0 saturated heterocycles. The lowest BCUT2D eigenvalue weighted by Crippen LogP contribution is -2.22. The molecule has 0 radical (unpaired) electrons. The highest BCUT2D eigenvalue weighted by Gasteiger charge is 2.06. The molecule has 0 fully saturated rings. The van der Waals surface area contributed by atoms with Crippen molar-refractivity contribution in [2.45, 2.75) is 19.2 Å². The number of benzene rings is 3. The first-order chi connectivity index (χ1) is 14.1. The summed E-state index contributed by atoms with van der Waals surface area (Å²) in [6.45, 7) is 2.55. The highest BCUT2D eigenvalue weighted by atomic mass is 32.2. The van der Waals surface area contributed by atoms with Crippen LogP contribution in [0.1, 0.15) is 27.0 Å². The monoisotopic (exact) mass is 404 g/mol. The van der Waals surface area contributed by atoms with Crippen LogP contribution >= 0.6 is 11.8 Å². The summed E-state index contributed by atoms with van der Waals surface area (Å²) in [5.74, 6) is 0.988. The third-order valence-corrected chi connectivity index (χ3v) is 5.35. The molecule has 29 heavy (non-hydrogen) atoms. The normalized spacial score (nSPS) is 10.4. The maximum atomic E-state index is 12.3. The van der Waals surface area contributed by atoms with Gasteiger partial charge in [0.1, 0.15) is 0 Å². The third kappa shape index (κ3) is 6.80. The molecular weight excluding hydrogens is 380 g/mol. The zero-order valence-electron chi connectivity index (χ0n) is 16.4. The number of carbonyl (C=O) groups is 2. The van der Waals surface area contributed by atoms with Crippen LogP contribution in [0.4, 0.5) is 5.69 Å². The van der Waals surface area contributed by atoms with Gasteiger partial charge in [-0.1, -0.05) is 60.2 Å². The lowest BCUT2D eigenvalue weighted by Gasteiger charge is -2.07. The van der Waals surface area contributed by atoms with Gasteiger partial charge in [-0.25, -0.2) is 0 Å². The van der Waals surface area contributed by atoms with Crippen molar-refractivity contribution in [3.05, 3.63) is 101 Å². The molecule has 0 aliphatic rings. The minimum Gasteiger partial charge on any atom is -0.348 e. The van der Waals surface area contributed by atoms with Crippen molar-refractivity contribution in [2.75, 3.05) is 11.1 Å². The number of para-hydroxylation sites is 1. The van der Waals surface area contributed by atoms with Crippen molar-refractivity contribution in [1.29, 1.82) is 0 Å². The van der Waals surface area contributed by atoms with Crippen LogP contribution in [0.2, 0.25) is 0 Å². The van der Waals surface area contributed by atoms with E-state index in [-0.39, 0.29) is 11.8 Å². The molecule has 0 spiro atoms. The van der Waals surface area contributed by atoms with Crippen molar-refractivity contribution in [3.8, 4) is 0 Å². The molecular formula is C24H24N2O2S. The van der Waals surface area contributed by atoms with E-state index in [9.17, 15) is 9.59 Å². The van der Waals surface area contributed by atoms with E-state index in [4.69, 9.17) is 0 Å². The minimum atomic E-state index is -0.0907. The van der Waals surface area contributed by atoms with E-state index in [0.717, 1.165) is 16.8 Å². The number of nitrogens with one attached hydrogen (secondary N) is 2. The van der Waals surface area contributed by atoms with Gasteiger partial charge >= 0.3 is 0 Å². The Kier molecular flexibility index (Phi) is 7.47. The summed E-state index contributed by atoms with van der Waals surface area (Å²) in [5.41, 5.74) is 4.79. The van der Waals surface area contributed by atoms with Gasteiger partial charge in [0.15, 0.2) is 0 Å². The Morgan fingerprint density at radius 1 is 0.828 bits per heavy atom. The topological polar surface area (TPSA) is 58.2 Å². The molecule has 2 amide bonds. The van der Waals surface area contributed by atoms with Gasteiger partial charge in [0, 0.05) is 23.5 Å². The van der Waals surface area contributed by atoms with E-state index in [2.05, 4.69) is 10.6 Å². The number of carbonyl (C=O) groups excluding carboxylic acids is 2. The van der Waals surface area contributed by atoms with Crippen molar-refractivity contribution >= 4 is 29.3 Å². The molecule has 0 aromatic heterocycles. The molecule has 0 bridgehead atoms. The van der Waals surface area contributed by atoms with E-state index >= 15 is 0 Å². The first-order valence-electron chi connectivity index (χ1n) is 9.45. The van der Waals surface area contributed by atoms with Crippen LogP contribution in [0.15, 0.2) is 78.9 Å². The fraction of sp³-hybridized carbons (Fsp3) is 0.167. The molecule has 3 aromatic rings. The number of thioether (sulfide) groups is 1. The Bertz CT molecular complexity index is 939. The predicted molar refractivity (Wildman–Crippen MR) is 120 cm³/mol. The molecule has 4 nitrogen and oxygen atoms in total. The number of aryl methyl sites for hydroxylation is 1. The van der Waals surface area contributed by atoms with Gasteiger partial charge in [-0.05, 0) is 42.3 Å². The number of amides is 2. The molecule has 148 valence electrons. The third-order valence-electron chi connectivity index (χ3n) is 4.35. The van der Waals surface area contributed by atoms with Crippen LogP contribution < -0.4 is 10.6 Å². The Labute approximate surface area is 175 Å². The largest absolute Gasteiger partial charge is 0.348 e. The molecule has 0 atom stereocenters. The van der Waals surface area contributed by atoms with Crippen LogP contribution in [0.5, 0.6) is 0 Å². The zero-order chi connectivity index (χ0) is 20.5. The second-order valence-corrected chi connectivity index (χ2v) is 7.76. The van der Waals surface area contributed by atoms with Gasteiger partial charge in [0.25, 0.3) is 5.91 Å². The lowest BCUT2D eigenvalue weighted by atomic mass is 10.1. The van der Waals surface area contributed by atoms with Crippen LogP contribution in [-0.2, 0) is 17.1 Å². The molecule has 0 heterocycles. The van der Waals surface area contributed by atoms with E-state index in [0.29, 0.717) is 23.6 Å². The fourth-order valence-corrected chi connectivity index (χ4v) is 3.51. The first-order valence-corrected chi connectivity index (χ1v) is 10.6. The number of rotatable bonds is 8. The quantitative estimate of drug-likeness (QED) is 0.567. The molecule has 0 aliphatic carbocycles. The van der Waals surface area contributed by atoms with Crippen molar-refractivity contribution in [3.63, 3.8) is 0 Å². The zero-order valence-corrected chi connectivity index (χ0v) is 17.2. The molecule has 3 rings (SSSR count). The maximum absolute atomic E-state index is 12.3. The summed E-state index contributed by atoms with van der Waals surface area (Å²) in [7, 11) is 0. The van der Waals surface area contributed by atoms with Crippen LogP contribution in [-0.4, -0.2) is 17.6 Å². The van der Waals surface area contributed by atoms with Gasteiger partial charge in [0.05, 0.1) is 5.75 Å². The Morgan fingerprint density at radius 2 is 1.48 bits per heavy atom. The SMILES string of the molecule is Cc1ccc(CNC(=O)c2ccc(CSCC(=O)Nc3ccccc3)cc2)cc1. The van der Waals surface area contributed by atoms with E-state index in [1.165, 1.54) is 5.56 Å². The van der Waals surface area contributed by atoms with Crippen molar-refractivity contribution in [2.24, 2.45) is 0 Å². The van der Waals surface area contributed by atoms with E-state index < -0.39 is 0 Å². The molecule has 3 aromatic carbocycles. The Balaban J connectivity index is 1.41. The van der Waals surface area contributed by atoms with Gasteiger partial charge in [-0.2, -0.15) is 0 Å². The molecule has 2 N–H and O–H groups in total. The average molecular weight is 405 g/mol. The van der Waals surface area contributed by atoms with E-state index in [1.54, 1.807) is 11.8 Å². The lowest BCUT2D eigenvalue weighted by molar-refractivity contribution is -0.113. The van der Waals surface area contributed by atoms with E-state index in [1.807, 2.05) is 85.8 Å². The van der Waals surface area contributed by atoms with Crippen LogP contribution in [0.25, 0.3) is 0 Å². The predicted octanol–water partition coefficient (Wildman–Crippen LogP) is 4.80. The number of hydrogen-bond acceptors (Lipinski definition) is 3. The highest BCUT2D eigenvalue weighted by Crippen LogP contribution is 2.14. The standard InChI is InChI=1S/C24H24N2O2S/c1-18-7-9-19(10-8-18)15-25-24(28)21-13-11-20(12-14-21)16-29-17-23(27)26-22-5-3-2-4-6-22/h2-14H,15-17H2,1H3,(H,25,28)(H,26,27). The summed E-state index contributed by atoms with van der Waals surface area (Å²) in [6, 6.07) is 25.0. The summed E-state index contributed by atoms with van der Waals surface area (Å²) >= 11 is 1.54. The van der Waals surface area contributed by atoms with Gasteiger partial charge < -0.3 is 10.6 Å². The average Bonchev–Trinajstić information content (AvgIpc) is 2.74. The number of anilines is 1. The highest BCUT2D eigenvalue weighted by molar-refractivity contribution is 7.99. The summed E-state index contributed by atoms with van der Waals surface area (Å²) < 4.78 is 0. The van der Waals surface area contributed by atoms with Gasteiger partial charge in [-0.3, -0.25) is 9.59 Å². The Morgan fingerprint density at radius 3 is 2.17 bits per heavy atom. The smallest absolute Gasteiger partial charge is 0.251 e. The van der Waals surface area contributed by atoms with Crippen LogP contribution in [0.3, 0.4) is 0 Å². The second-order valence-electron chi connectivity index (χ2n) is 6.77. The number of hydrogen-bond donors (Lipinski definition) is 2. The minimum absolute atomic E-state index is 0.0201. The fourth-order valence-electron chi connectivity index (χ4n) is 2.72. The second kappa shape index (κ2) is 10.5. The van der Waals surface area contributed by atoms with Crippen molar-refractivity contribution < 1.29 is 9.59 Å². The van der Waals surface area contributed by atoms with Crippen molar-refractivity contribution in [1.82, 2.24) is 5.32 Å². The first kappa shape index (κ1) is 20.7. The van der Waals surface area contributed by atoms with Gasteiger partial charge in [0.2, 0.25) is 5.91 Å².